The Hall–Kier alpha value is -1.15. The van der Waals surface area contributed by atoms with E-state index in [2.05, 4.69) is 31.6 Å². The number of epoxide rings is 1. The minimum atomic E-state index is -0.717. The van der Waals surface area contributed by atoms with Gasteiger partial charge in [-0.15, -0.1) is 0 Å². The Morgan fingerprint density at radius 3 is 2.15 bits per heavy atom. The molecule has 4 aliphatic rings. The van der Waals surface area contributed by atoms with Crippen molar-refractivity contribution in [1.29, 1.82) is 0 Å². The molecule has 192 valence electrons. The molecule has 1 saturated heterocycles. The molecule has 7 nitrogen and oxygen atoms in total. The summed E-state index contributed by atoms with van der Waals surface area (Å²) in [5.74, 6) is 0.905. The minimum absolute atomic E-state index is 0.0767. The normalized spacial score (nSPS) is 37.1. The number of hydrogen-bond donors (Lipinski definition) is 2. The van der Waals surface area contributed by atoms with E-state index in [0.29, 0.717) is 12.0 Å². The van der Waals surface area contributed by atoms with E-state index < -0.39 is 6.09 Å². The number of carbonyl (C=O) groups excluding carboxylic acids is 1. The van der Waals surface area contributed by atoms with Gasteiger partial charge in [-0.3, -0.25) is 0 Å². The van der Waals surface area contributed by atoms with E-state index in [-0.39, 0.29) is 29.1 Å². The standard InChI is InChI=1S/C18H29NO4.C6H13N.C2H6O/c1-11(2)5-6-12-9-17(12,3)15-14(21-4)13(23-16(19)20)7-8-18(15)10-22-18;7-6-4-2-1-3-5-6;1-3-2/h5,12-15H,6-10H2,1-4H3,(H2,19,20);6H,1-5,7H2;1-2H3/t12-,13?,14?,15?,17?,18-;;/m0../s1. The molecule has 3 saturated carbocycles. The molecular formula is C26H48N2O5. The molecule has 7 heteroatoms. The fourth-order valence-electron chi connectivity index (χ4n) is 5.89. The highest BCUT2D eigenvalue weighted by atomic mass is 16.6. The maximum Gasteiger partial charge on any atom is 0.404 e. The van der Waals surface area contributed by atoms with Crippen LogP contribution in [0.1, 0.15) is 78.6 Å². The second-order valence-electron chi connectivity index (χ2n) is 10.8. The number of amides is 1. The van der Waals surface area contributed by atoms with Gasteiger partial charge in [0, 0.05) is 33.3 Å². The lowest BCUT2D eigenvalue weighted by Gasteiger charge is -2.44. The van der Waals surface area contributed by atoms with Gasteiger partial charge < -0.3 is 30.4 Å². The lowest BCUT2D eigenvalue weighted by atomic mass is 9.67. The van der Waals surface area contributed by atoms with Crippen LogP contribution >= 0.6 is 0 Å². The topological polar surface area (TPSA) is 109 Å². The third-order valence-corrected chi connectivity index (χ3v) is 7.80. The van der Waals surface area contributed by atoms with Crippen molar-refractivity contribution in [2.75, 3.05) is 27.9 Å². The zero-order chi connectivity index (χ0) is 24.6. The van der Waals surface area contributed by atoms with Crippen LogP contribution in [0, 0.1) is 17.3 Å². The van der Waals surface area contributed by atoms with E-state index in [4.69, 9.17) is 25.7 Å². The number of nitrogens with two attached hydrogens (primary N) is 2. The second kappa shape index (κ2) is 12.5. The molecule has 0 aromatic rings. The van der Waals surface area contributed by atoms with Crippen LogP contribution in [0.25, 0.3) is 0 Å². The van der Waals surface area contributed by atoms with Crippen LogP contribution in [0.4, 0.5) is 4.79 Å². The molecule has 0 aromatic heterocycles. The van der Waals surface area contributed by atoms with Gasteiger partial charge in [-0.25, -0.2) is 4.79 Å². The maximum absolute atomic E-state index is 11.2. The monoisotopic (exact) mass is 468 g/mol. The predicted molar refractivity (Wildman–Crippen MR) is 131 cm³/mol. The lowest BCUT2D eigenvalue weighted by molar-refractivity contribution is -0.119. The fourth-order valence-corrected chi connectivity index (χ4v) is 5.89. The molecule has 1 spiro atoms. The van der Waals surface area contributed by atoms with Gasteiger partial charge in [0.05, 0.1) is 12.2 Å². The van der Waals surface area contributed by atoms with Gasteiger partial charge in [-0.1, -0.05) is 37.8 Å². The third-order valence-electron chi connectivity index (χ3n) is 7.80. The Morgan fingerprint density at radius 2 is 1.73 bits per heavy atom. The predicted octanol–water partition coefficient (Wildman–Crippen LogP) is 4.57. The van der Waals surface area contributed by atoms with Crippen molar-refractivity contribution in [2.24, 2.45) is 28.7 Å². The van der Waals surface area contributed by atoms with Crippen molar-refractivity contribution < 1.29 is 23.7 Å². The Bertz CT molecular complexity index is 641. The van der Waals surface area contributed by atoms with Crippen LogP contribution in [-0.2, 0) is 18.9 Å². The van der Waals surface area contributed by atoms with Crippen molar-refractivity contribution in [3.05, 3.63) is 11.6 Å². The van der Waals surface area contributed by atoms with E-state index in [1.54, 1.807) is 21.3 Å². The lowest BCUT2D eigenvalue weighted by Crippen LogP contribution is -2.53. The van der Waals surface area contributed by atoms with Crippen molar-refractivity contribution in [3.63, 3.8) is 0 Å². The van der Waals surface area contributed by atoms with Gasteiger partial charge in [0.15, 0.2) is 0 Å². The Morgan fingerprint density at radius 1 is 1.12 bits per heavy atom. The average Bonchev–Trinajstić information content (AvgIpc) is 3.66. The summed E-state index contributed by atoms with van der Waals surface area (Å²) in [5, 5.41) is 0. The van der Waals surface area contributed by atoms with Gasteiger partial charge in [-0.05, 0) is 63.7 Å². The largest absolute Gasteiger partial charge is 0.444 e. The summed E-state index contributed by atoms with van der Waals surface area (Å²) < 4.78 is 21.3. The van der Waals surface area contributed by atoms with Crippen LogP contribution in [0.15, 0.2) is 11.6 Å². The van der Waals surface area contributed by atoms with Crippen molar-refractivity contribution in [2.45, 2.75) is 102 Å². The van der Waals surface area contributed by atoms with Gasteiger partial charge in [-0.2, -0.15) is 0 Å². The van der Waals surface area contributed by atoms with E-state index >= 15 is 0 Å². The van der Waals surface area contributed by atoms with Crippen molar-refractivity contribution in [1.82, 2.24) is 0 Å². The quantitative estimate of drug-likeness (QED) is 0.452. The number of rotatable bonds is 5. The fraction of sp³-hybridized carbons (Fsp3) is 0.885. The molecule has 1 aliphatic heterocycles. The van der Waals surface area contributed by atoms with E-state index in [1.807, 2.05) is 0 Å². The SMILES string of the molecule is COC.COC1C(OC(N)=O)CC[C@]2(CO2)C1C1(C)C[C@@H]1CC=C(C)C.NC1CCCCC1. The number of hydrogen-bond acceptors (Lipinski definition) is 6. The summed E-state index contributed by atoms with van der Waals surface area (Å²) in [6, 6.07) is 0.536. The summed E-state index contributed by atoms with van der Waals surface area (Å²) >= 11 is 0. The molecule has 0 aromatic carbocycles. The Kier molecular flexibility index (Phi) is 10.7. The zero-order valence-corrected chi connectivity index (χ0v) is 21.7. The van der Waals surface area contributed by atoms with E-state index in [9.17, 15) is 4.79 Å². The highest BCUT2D eigenvalue weighted by Gasteiger charge is 2.70. The number of methoxy groups -OCH3 is 2. The molecule has 4 rings (SSSR count). The second-order valence-corrected chi connectivity index (χ2v) is 10.8. The number of carbonyl (C=O) groups is 1. The highest BCUT2D eigenvalue weighted by molar-refractivity contribution is 5.64. The van der Waals surface area contributed by atoms with Crippen LogP contribution in [0.2, 0.25) is 0 Å². The molecule has 4 N–H and O–H groups in total. The number of allylic oxidation sites excluding steroid dienone is 2. The molecule has 1 heterocycles. The summed E-state index contributed by atoms with van der Waals surface area (Å²) in [5.41, 5.74) is 12.3. The first kappa shape index (κ1) is 28.1. The van der Waals surface area contributed by atoms with Gasteiger partial charge in [0.25, 0.3) is 0 Å². The first-order chi connectivity index (χ1) is 15.6. The Labute approximate surface area is 200 Å². The Balaban J connectivity index is 0.000000321. The number of ether oxygens (including phenoxy) is 4. The van der Waals surface area contributed by atoms with Crippen LogP contribution in [0.5, 0.6) is 0 Å². The molecule has 4 fully saturated rings. The summed E-state index contributed by atoms with van der Waals surface area (Å²) in [7, 11) is 4.95. The summed E-state index contributed by atoms with van der Waals surface area (Å²) in [6.45, 7) is 7.41. The summed E-state index contributed by atoms with van der Waals surface area (Å²) in [4.78, 5) is 11.2. The maximum atomic E-state index is 11.2. The molecule has 33 heavy (non-hydrogen) atoms. The van der Waals surface area contributed by atoms with Crippen molar-refractivity contribution in [3.8, 4) is 0 Å². The van der Waals surface area contributed by atoms with Crippen LogP contribution < -0.4 is 11.5 Å². The van der Waals surface area contributed by atoms with E-state index in [0.717, 1.165) is 25.9 Å². The van der Waals surface area contributed by atoms with Gasteiger partial charge >= 0.3 is 6.09 Å². The van der Waals surface area contributed by atoms with Crippen molar-refractivity contribution >= 4 is 6.09 Å². The van der Waals surface area contributed by atoms with Gasteiger partial charge in [0.1, 0.15) is 12.2 Å². The number of primary amides is 1. The molecule has 0 bridgehead atoms. The molecule has 4 unspecified atom stereocenters. The molecule has 0 radical (unpaired) electrons. The molecule has 3 aliphatic carbocycles. The molecular weight excluding hydrogens is 420 g/mol. The zero-order valence-electron chi connectivity index (χ0n) is 21.7. The van der Waals surface area contributed by atoms with E-state index in [1.165, 1.54) is 44.1 Å². The summed E-state index contributed by atoms with van der Waals surface area (Å²) in [6.07, 6.45) is 11.8. The third kappa shape index (κ3) is 7.67. The first-order valence-electron chi connectivity index (χ1n) is 12.6. The highest BCUT2D eigenvalue weighted by Crippen LogP contribution is 2.68. The first-order valence-corrected chi connectivity index (χ1v) is 12.6. The average molecular weight is 469 g/mol. The smallest absolute Gasteiger partial charge is 0.404 e. The van der Waals surface area contributed by atoms with Gasteiger partial charge in [0.2, 0.25) is 0 Å². The van der Waals surface area contributed by atoms with Crippen LogP contribution in [-0.4, -0.2) is 57.9 Å². The van der Waals surface area contributed by atoms with Crippen LogP contribution in [0.3, 0.4) is 0 Å². The minimum Gasteiger partial charge on any atom is -0.444 e. The molecule has 1 amide bonds. The molecule has 6 atom stereocenters.